The summed E-state index contributed by atoms with van der Waals surface area (Å²) in [7, 11) is 0. The van der Waals surface area contributed by atoms with E-state index in [2.05, 4.69) is 32.9 Å². The van der Waals surface area contributed by atoms with Gasteiger partial charge < -0.3 is 0 Å². The van der Waals surface area contributed by atoms with E-state index in [0.29, 0.717) is 0 Å². The van der Waals surface area contributed by atoms with Gasteiger partial charge in [0.05, 0.1) is 0 Å². The monoisotopic (exact) mass is 262 g/mol. The molecule has 0 heterocycles. The Hall–Kier alpha value is -0.750. The van der Waals surface area contributed by atoms with Gasteiger partial charge in [0.2, 0.25) is 0 Å². The maximum absolute atomic E-state index is 5.97. The molecule has 0 N–H and O–H groups in total. The summed E-state index contributed by atoms with van der Waals surface area (Å²) < 4.78 is 0. The molecule has 1 aromatic carbocycles. The topological polar surface area (TPSA) is 0 Å². The lowest BCUT2D eigenvalue weighted by atomic mass is 9.76. The van der Waals surface area contributed by atoms with Crippen LogP contribution in [0, 0.1) is 11.8 Å². The minimum atomic E-state index is 0.804. The van der Waals surface area contributed by atoms with Gasteiger partial charge in [0.25, 0.3) is 0 Å². The van der Waals surface area contributed by atoms with Gasteiger partial charge in [-0.2, -0.15) is 0 Å². The van der Waals surface area contributed by atoms with Crippen LogP contribution in [-0.2, 0) is 0 Å². The molecule has 0 bridgehead atoms. The maximum Gasteiger partial charge on any atom is 0.0406 e. The summed E-state index contributed by atoms with van der Waals surface area (Å²) in [4.78, 5) is 0. The van der Waals surface area contributed by atoms with Gasteiger partial charge in [0.15, 0.2) is 0 Å². The summed E-state index contributed by atoms with van der Waals surface area (Å²) in [5, 5.41) is 0.827. The van der Waals surface area contributed by atoms with E-state index in [9.17, 15) is 0 Å². The average Bonchev–Trinajstić information content (AvgIpc) is 2.39. The first-order chi connectivity index (χ1) is 8.61. The zero-order valence-corrected chi connectivity index (χ0v) is 12.4. The van der Waals surface area contributed by atoms with Crippen LogP contribution in [0.15, 0.2) is 29.8 Å². The minimum Gasteiger partial charge on any atom is -0.0843 e. The van der Waals surface area contributed by atoms with Gasteiger partial charge in [-0.05, 0) is 60.8 Å². The van der Waals surface area contributed by atoms with Crippen molar-refractivity contribution < 1.29 is 0 Å². The van der Waals surface area contributed by atoms with E-state index < -0.39 is 0 Å². The van der Waals surface area contributed by atoms with Crippen molar-refractivity contribution >= 4 is 17.2 Å². The van der Waals surface area contributed by atoms with Gasteiger partial charge in [0, 0.05) is 5.02 Å². The summed E-state index contributed by atoms with van der Waals surface area (Å²) in [5.74, 6) is 1.68. The van der Waals surface area contributed by atoms with E-state index in [1.54, 1.807) is 11.1 Å². The fourth-order valence-corrected chi connectivity index (χ4v) is 3.10. The van der Waals surface area contributed by atoms with Crippen molar-refractivity contribution in [2.75, 3.05) is 0 Å². The van der Waals surface area contributed by atoms with Crippen molar-refractivity contribution in [2.45, 2.75) is 46.5 Å². The normalized spacial score (nSPS) is 20.6. The first-order valence-electron chi connectivity index (χ1n) is 7.08. The lowest BCUT2D eigenvalue weighted by Gasteiger charge is -2.30. The minimum absolute atomic E-state index is 0.804. The third kappa shape index (κ3) is 2.98. The summed E-state index contributed by atoms with van der Waals surface area (Å²) in [6.45, 7) is 6.99. The number of hydrogen-bond donors (Lipinski definition) is 0. The van der Waals surface area contributed by atoms with Crippen molar-refractivity contribution in [3.63, 3.8) is 0 Å². The molecule has 2 rings (SSSR count). The van der Waals surface area contributed by atoms with Gasteiger partial charge >= 0.3 is 0 Å². The zero-order chi connectivity index (χ0) is 13.1. The van der Waals surface area contributed by atoms with Crippen LogP contribution >= 0.6 is 11.6 Å². The summed E-state index contributed by atoms with van der Waals surface area (Å²) in [6, 6.07) is 8.35. The van der Waals surface area contributed by atoms with E-state index in [0.717, 1.165) is 16.9 Å². The molecule has 0 radical (unpaired) electrons. The van der Waals surface area contributed by atoms with Crippen LogP contribution in [-0.4, -0.2) is 0 Å². The predicted octanol–water partition coefficient (Wildman–Crippen LogP) is 5.96. The molecule has 1 unspecified atom stereocenters. The fourth-order valence-electron chi connectivity index (χ4n) is 2.97. The Morgan fingerprint density at radius 3 is 2.44 bits per heavy atom. The summed E-state index contributed by atoms with van der Waals surface area (Å²) in [5.41, 5.74) is 4.60. The molecule has 0 aliphatic heterocycles. The molecule has 98 valence electrons. The Bertz CT molecular complexity index is 425. The number of hydrogen-bond acceptors (Lipinski definition) is 0. The van der Waals surface area contributed by atoms with Crippen LogP contribution in [0.5, 0.6) is 0 Å². The molecule has 0 nitrogen and oxygen atoms in total. The maximum atomic E-state index is 5.97. The molecule has 18 heavy (non-hydrogen) atoms. The quantitative estimate of drug-likeness (QED) is 0.630. The molecule has 0 aromatic heterocycles. The molecular weight excluding hydrogens is 240 g/mol. The Labute approximate surface area is 116 Å². The highest BCUT2D eigenvalue weighted by atomic mass is 35.5. The molecule has 0 spiro atoms. The molecule has 1 atom stereocenters. The third-order valence-corrected chi connectivity index (χ3v) is 4.51. The second kappa shape index (κ2) is 5.93. The SMILES string of the molecule is CCC1=C(c2ccc(Cl)cc2)CCC(C(C)C)C1. The van der Waals surface area contributed by atoms with E-state index in [4.69, 9.17) is 11.6 Å². The van der Waals surface area contributed by atoms with Crippen molar-refractivity contribution in [1.82, 2.24) is 0 Å². The lowest BCUT2D eigenvalue weighted by molar-refractivity contribution is 0.348. The zero-order valence-electron chi connectivity index (χ0n) is 11.7. The van der Waals surface area contributed by atoms with Crippen molar-refractivity contribution in [1.29, 1.82) is 0 Å². The van der Waals surface area contributed by atoms with E-state index in [1.807, 2.05) is 12.1 Å². The first-order valence-corrected chi connectivity index (χ1v) is 7.46. The molecule has 1 heteroatoms. The fraction of sp³-hybridized carbons (Fsp3) is 0.529. The van der Waals surface area contributed by atoms with Gasteiger partial charge in [-0.1, -0.05) is 50.1 Å². The molecule has 1 aliphatic carbocycles. The van der Waals surface area contributed by atoms with E-state index in [1.165, 1.54) is 31.2 Å². The molecule has 1 aliphatic rings. The van der Waals surface area contributed by atoms with Crippen LogP contribution in [0.1, 0.15) is 52.0 Å². The molecule has 1 aromatic rings. The number of allylic oxidation sites excluding steroid dienone is 2. The van der Waals surface area contributed by atoms with Crippen LogP contribution in [0.25, 0.3) is 5.57 Å². The van der Waals surface area contributed by atoms with Crippen LogP contribution in [0.2, 0.25) is 5.02 Å². The van der Waals surface area contributed by atoms with Gasteiger partial charge in [0.1, 0.15) is 0 Å². The second-order valence-electron chi connectivity index (χ2n) is 5.69. The first kappa shape index (κ1) is 13.7. The van der Waals surface area contributed by atoms with Gasteiger partial charge in [-0.3, -0.25) is 0 Å². The standard InChI is InChI=1S/C17H23Cl/c1-4-13-11-15(12(2)3)7-10-17(13)14-5-8-16(18)9-6-14/h5-6,8-9,12,15H,4,7,10-11H2,1-3H3. The number of rotatable bonds is 3. The summed E-state index contributed by atoms with van der Waals surface area (Å²) >= 11 is 5.97. The van der Waals surface area contributed by atoms with Crippen LogP contribution in [0.3, 0.4) is 0 Å². The molecule has 0 amide bonds. The molecule has 0 saturated heterocycles. The van der Waals surface area contributed by atoms with Crippen molar-refractivity contribution in [3.05, 3.63) is 40.4 Å². The van der Waals surface area contributed by atoms with Crippen molar-refractivity contribution in [2.24, 2.45) is 11.8 Å². The molecular formula is C17H23Cl. The highest BCUT2D eigenvalue weighted by Crippen LogP contribution is 2.39. The Morgan fingerprint density at radius 1 is 1.22 bits per heavy atom. The Balaban J connectivity index is 2.27. The van der Waals surface area contributed by atoms with Gasteiger partial charge in [-0.15, -0.1) is 0 Å². The highest BCUT2D eigenvalue weighted by Gasteiger charge is 2.22. The smallest absolute Gasteiger partial charge is 0.0406 e. The molecule has 0 saturated carbocycles. The largest absolute Gasteiger partial charge is 0.0843 e. The van der Waals surface area contributed by atoms with Gasteiger partial charge in [-0.25, -0.2) is 0 Å². The Kier molecular flexibility index (Phi) is 4.50. The van der Waals surface area contributed by atoms with E-state index >= 15 is 0 Å². The number of halogens is 1. The van der Waals surface area contributed by atoms with Crippen LogP contribution < -0.4 is 0 Å². The average molecular weight is 263 g/mol. The lowest BCUT2D eigenvalue weighted by Crippen LogP contribution is -2.15. The summed E-state index contributed by atoms with van der Waals surface area (Å²) in [6.07, 6.45) is 5.03. The Morgan fingerprint density at radius 2 is 1.89 bits per heavy atom. The third-order valence-electron chi connectivity index (χ3n) is 4.26. The van der Waals surface area contributed by atoms with E-state index in [-0.39, 0.29) is 0 Å². The molecule has 0 fully saturated rings. The van der Waals surface area contributed by atoms with Crippen molar-refractivity contribution in [3.8, 4) is 0 Å². The second-order valence-corrected chi connectivity index (χ2v) is 6.13. The van der Waals surface area contributed by atoms with Crippen LogP contribution in [0.4, 0.5) is 0 Å². The number of benzene rings is 1. The highest BCUT2D eigenvalue weighted by molar-refractivity contribution is 6.30. The predicted molar refractivity (Wildman–Crippen MR) is 80.8 cm³/mol.